The molecule has 4 rings (SSSR count). The largest absolute Gasteiger partial charge is 0.477 e. The van der Waals surface area contributed by atoms with E-state index in [4.69, 9.17) is 10.3 Å². The molecular weight excluding hydrogens is 321 g/mol. The van der Waals surface area contributed by atoms with E-state index in [0.717, 1.165) is 5.56 Å². The number of nitrogen functional groups attached to an aromatic ring is 1. The van der Waals surface area contributed by atoms with Gasteiger partial charge in [0.25, 0.3) is 0 Å². The lowest BCUT2D eigenvalue weighted by atomic mass is 10.0. The highest BCUT2D eigenvalue weighted by atomic mass is 31.1. The van der Waals surface area contributed by atoms with Crippen molar-refractivity contribution in [3.63, 3.8) is 0 Å². The van der Waals surface area contributed by atoms with E-state index in [2.05, 4.69) is 9.97 Å². The zero-order valence-electron chi connectivity index (χ0n) is 12.9. The van der Waals surface area contributed by atoms with Gasteiger partial charge in [0.1, 0.15) is 5.75 Å². The zero-order chi connectivity index (χ0) is 16.7. The Hall–Kier alpha value is -2.78. The fourth-order valence-electron chi connectivity index (χ4n) is 2.97. The Labute approximate surface area is 140 Å². The molecule has 2 aromatic carbocycles. The van der Waals surface area contributed by atoms with Crippen molar-refractivity contribution < 1.29 is 9.32 Å². The maximum atomic E-state index is 13.0. The zero-order valence-corrected chi connectivity index (χ0v) is 13.9. The molecule has 0 fully saturated rings. The Morgan fingerprint density at radius 3 is 2.46 bits per heavy atom. The minimum atomic E-state index is -0.0938. The van der Waals surface area contributed by atoms with Gasteiger partial charge in [-0.05, 0) is 12.7 Å². The Morgan fingerprint density at radius 2 is 1.71 bits per heavy atom. The van der Waals surface area contributed by atoms with Crippen molar-refractivity contribution >= 4 is 20.5 Å². The second-order valence-electron chi connectivity index (χ2n) is 5.33. The number of nitrogens with zero attached hydrogens (tertiary/aromatic N) is 2. The van der Waals surface area contributed by atoms with Crippen molar-refractivity contribution in [2.45, 2.75) is 0 Å². The molecule has 0 radical (unpaired) electrons. The third-order valence-corrected chi connectivity index (χ3v) is 4.34. The molecule has 0 saturated carbocycles. The number of hydrogen-bond acceptors (Lipinski definition) is 5. The van der Waals surface area contributed by atoms with E-state index < -0.39 is 0 Å². The number of benzene rings is 2. The third kappa shape index (κ3) is 2.17. The van der Waals surface area contributed by atoms with Crippen LogP contribution in [0.15, 0.2) is 48.5 Å². The van der Waals surface area contributed by atoms with Gasteiger partial charge in [-0.1, -0.05) is 42.5 Å². The van der Waals surface area contributed by atoms with Crippen LogP contribution in [-0.4, -0.2) is 22.4 Å². The van der Waals surface area contributed by atoms with E-state index in [1.54, 1.807) is 6.07 Å². The van der Waals surface area contributed by atoms with Crippen molar-refractivity contribution in [3.05, 3.63) is 59.7 Å². The van der Waals surface area contributed by atoms with Crippen LogP contribution >= 0.6 is 8.81 Å². The van der Waals surface area contributed by atoms with Crippen LogP contribution in [0.3, 0.4) is 0 Å². The second-order valence-corrected chi connectivity index (χ2v) is 5.95. The molecule has 6 heteroatoms. The number of carbonyl (C=O) groups is 1. The van der Waals surface area contributed by atoms with Gasteiger partial charge >= 0.3 is 0 Å². The van der Waals surface area contributed by atoms with Crippen molar-refractivity contribution in [2.24, 2.45) is 0 Å². The average molecular weight is 335 g/mol. The predicted molar refractivity (Wildman–Crippen MR) is 95.6 cm³/mol. The van der Waals surface area contributed by atoms with Gasteiger partial charge in [-0.3, -0.25) is 4.79 Å². The van der Waals surface area contributed by atoms with Gasteiger partial charge in [-0.25, -0.2) is 9.97 Å². The summed E-state index contributed by atoms with van der Waals surface area (Å²) in [7, 11) is 0.270. The molecule has 1 unspecified atom stereocenters. The summed E-state index contributed by atoms with van der Waals surface area (Å²) in [6.45, 7) is 1.93. The summed E-state index contributed by atoms with van der Waals surface area (Å²) in [6, 6.07) is 15.0. The van der Waals surface area contributed by atoms with E-state index >= 15 is 0 Å². The molecule has 1 aliphatic rings. The molecule has 118 valence electrons. The maximum Gasteiger partial charge on any atom is 0.221 e. The van der Waals surface area contributed by atoms with E-state index in [0.29, 0.717) is 33.8 Å². The summed E-state index contributed by atoms with van der Waals surface area (Å²) in [5, 5.41) is 0. The maximum absolute atomic E-state index is 13.0. The van der Waals surface area contributed by atoms with Crippen molar-refractivity contribution in [2.75, 3.05) is 12.4 Å². The molecule has 0 aliphatic heterocycles. The minimum Gasteiger partial charge on any atom is -0.477 e. The molecule has 0 saturated heterocycles. The molecule has 1 aliphatic carbocycles. The number of ketones is 1. The van der Waals surface area contributed by atoms with Gasteiger partial charge < -0.3 is 10.3 Å². The van der Waals surface area contributed by atoms with Crippen molar-refractivity contribution in [3.8, 4) is 28.3 Å². The minimum absolute atomic E-state index is 0.0938. The van der Waals surface area contributed by atoms with Crippen LogP contribution in [0.25, 0.3) is 22.5 Å². The van der Waals surface area contributed by atoms with Crippen LogP contribution in [0, 0.1) is 0 Å². The van der Waals surface area contributed by atoms with E-state index in [1.807, 2.05) is 49.1 Å². The summed E-state index contributed by atoms with van der Waals surface area (Å²) < 4.78 is 5.71. The van der Waals surface area contributed by atoms with Gasteiger partial charge in [0.05, 0.1) is 31.3 Å². The van der Waals surface area contributed by atoms with Gasteiger partial charge in [-0.15, -0.1) is 0 Å². The van der Waals surface area contributed by atoms with Crippen LogP contribution in [0.5, 0.6) is 5.75 Å². The highest BCUT2D eigenvalue weighted by Crippen LogP contribution is 2.45. The third-order valence-electron chi connectivity index (χ3n) is 3.92. The Balaban J connectivity index is 2.03. The lowest BCUT2D eigenvalue weighted by Crippen LogP contribution is -2.05. The predicted octanol–water partition coefficient (Wildman–Crippen LogP) is 3.54. The number of hydrogen-bond donors (Lipinski definition) is 1. The van der Waals surface area contributed by atoms with Gasteiger partial charge in [-0.2, -0.15) is 0 Å². The molecule has 1 atom stereocenters. The smallest absolute Gasteiger partial charge is 0.221 e. The van der Waals surface area contributed by atoms with Crippen molar-refractivity contribution in [1.29, 1.82) is 0 Å². The first-order chi connectivity index (χ1) is 11.7. The Bertz CT molecular complexity index is 958. The number of nitrogens with two attached hydrogens (primary N) is 1. The van der Waals surface area contributed by atoms with Gasteiger partial charge in [0, 0.05) is 11.1 Å². The van der Waals surface area contributed by atoms with Crippen molar-refractivity contribution in [1.82, 2.24) is 9.97 Å². The quantitative estimate of drug-likeness (QED) is 0.579. The topological polar surface area (TPSA) is 78.1 Å². The van der Waals surface area contributed by atoms with Crippen LogP contribution in [-0.2, 0) is 0 Å². The normalized spacial score (nSPS) is 12.5. The van der Waals surface area contributed by atoms with Crippen LogP contribution in [0.1, 0.15) is 15.9 Å². The number of anilines is 1. The first-order valence-electron chi connectivity index (χ1n) is 7.45. The highest BCUT2D eigenvalue weighted by molar-refractivity contribution is 7.31. The number of carbonyl (C=O) groups excluding carboxylic acids is 1. The molecule has 0 bridgehead atoms. The molecule has 2 N–H and O–H groups in total. The highest BCUT2D eigenvalue weighted by Gasteiger charge is 2.34. The van der Waals surface area contributed by atoms with Crippen LogP contribution in [0.2, 0.25) is 0 Å². The summed E-state index contributed by atoms with van der Waals surface area (Å²) in [5.41, 5.74) is 9.65. The first kappa shape index (κ1) is 14.8. The summed E-state index contributed by atoms with van der Waals surface area (Å²) in [4.78, 5) is 21.7. The Kier molecular flexibility index (Phi) is 3.51. The molecule has 0 amide bonds. The first-order valence-corrected chi connectivity index (χ1v) is 8.86. The van der Waals surface area contributed by atoms with E-state index in [9.17, 15) is 4.79 Å². The monoisotopic (exact) mass is 335 g/mol. The van der Waals surface area contributed by atoms with Gasteiger partial charge in [0.2, 0.25) is 5.95 Å². The molecular formula is C18H14N3O2P. The average Bonchev–Trinajstić information content (AvgIpc) is 2.89. The fraction of sp³-hybridized carbons (Fsp3) is 0.0556. The fourth-order valence-corrected chi connectivity index (χ4v) is 3.36. The number of rotatable bonds is 3. The summed E-state index contributed by atoms with van der Waals surface area (Å²) in [6.07, 6.45) is 0. The molecule has 0 spiro atoms. The summed E-state index contributed by atoms with van der Waals surface area (Å²) >= 11 is 0. The number of fused-ring (bicyclic) bond motifs is 3. The van der Waals surface area contributed by atoms with Gasteiger partial charge in [0.15, 0.2) is 5.78 Å². The molecule has 5 nitrogen and oxygen atoms in total. The van der Waals surface area contributed by atoms with E-state index in [1.165, 1.54) is 0 Å². The summed E-state index contributed by atoms with van der Waals surface area (Å²) in [5.74, 6) is 0.697. The molecule has 3 aromatic rings. The standard InChI is InChI=1S/C18H14N3O2P/c1-24-23-12-9-5-8-11-13(12)16-14(17(11)22)15(20-18(19)21-16)10-6-3-2-4-7-10/h2-9,24H,1H3,(H2,19,20,21). The van der Waals surface area contributed by atoms with Crippen LogP contribution in [0.4, 0.5) is 5.95 Å². The number of aromatic nitrogens is 2. The Morgan fingerprint density at radius 1 is 0.958 bits per heavy atom. The second kappa shape index (κ2) is 5.69. The molecule has 1 aromatic heterocycles. The SMILES string of the molecule is CPOc1cccc2c1-c1nc(N)nc(-c3ccccc3)c1C2=O. The molecule has 1 heterocycles. The lowest BCUT2D eigenvalue weighted by Gasteiger charge is -2.10. The van der Waals surface area contributed by atoms with Crippen LogP contribution < -0.4 is 10.3 Å². The lowest BCUT2D eigenvalue weighted by molar-refractivity contribution is 0.104. The molecule has 24 heavy (non-hydrogen) atoms. The van der Waals surface area contributed by atoms with E-state index in [-0.39, 0.29) is 20.5 Å².